The minimum atomic E-state index is -0.331. The first-order valence-corrected chi connectivity index (χ1v) is 7.40. The molecule has 0 bridgehead atoms. The minimum Gasteiger partial charge on any atom is -0.370 e. The summed E-state index contributed by atoms with van der Waals surface area (Å²) in [5, 5.41) is 4.20. The minimum absolute atomic E-state index is 0.165. The van der Waals surface area contributed by atoms with Gasteiger partial charge in [0.05, 0.1) is 5.92 Å². The lowest BCUT2D eigenvalue weighted by molar-refractivity contribution is -0.0527. The van der Waals surface area contributed by atoms with Crippen molar-refractivity contribution in [3.05, 3.63) is 11.7 Å². The Bertz CT molecular complexity index is 426. The summed E-state index contributed by atoms with van der Waals surface area (Å²) in [6.45, 7) is 0. The molecule has 0 amide bonds. The summed E-state index contributed by atoms with van der Waals surface area (Å²) >= 11 is 0. The summed E-state index contributed by atoms with van der Waals surface area (Å²) in [6, 6.07) is 0.165. The highest BCUT2D eigenvalue weighted by Crippen LogP contribution is 2.40. The lowest BCUT2D eigenvalue weighted by Gasteiger charge is -2.32. The lowest BCUT2D eigenvalue weighted by Crippen LogP contribution is -2.32. The van der Waals surface area contributed by atoms with Gasteiger partial charge in [0.2, 0.25) is 11.7 Å². The van der Waals surface area contributed by atoms with Gasteiger partial charge in [0.15, 0.2) is 0 Å². The summed E-state index contributed by atoms with van der Waals surface area (Å²) in [5.74, 6) is 1.67. The van der Waals surface area contributed by atoms with Gasteiger partial charge in [0, 0.05) is 13.2 Å². The second-order valence-corrected chi connectivity index (χ2v) is 5.92. The maximum absolute atomic E-state index is 6.11. The van der Waals surface area contributed by atoms with Crippen molar-refractivity contribution in [3.63, 3.8) is 0 Å². The number of aromatic nitrogens is 2. The van der Waals surface area contributed by atoms with Gasteiger partial charge in [-0.1, -0.05) is 30.8 Å². The highest BCUT2D eigenvalue weighted by molar-refractivity contribution is 5.08. The molecule has 0 spiro atoms. The molecule has 0 aliphatic heterocycles. The maximum Gasteiger partial charge on any atom is 0.231 e. The Kier molecular flexibility index (Phi) is 3.58. The highest BCUT2D eigenvalue weighted by Gasteiger charge is 2.40. The van der Waals surface area contributed by atoms with Gasteiger partial charge in [-0.05, 0) is 25.7 Å². The van der Waals surface area contributed by atoms with Crippen LogP contribution in [0.5, 0.6) is 0 Å². The number of nitrogens with two attached hydrogens (primary N) is 1. The predicted molar refractivity (Wildman–Crippen MR) is 70.6 cm³/mol. The van der Waals surface area contributed by atoms with Crippen molar-refractivity contribution < 1.29 is 9.26 Å². The van der Waals surface area contributed by atoms with E-state index < -0.39 is 0 Å². The molecule has 5 heteroatoms. The molecule has 2 N–H and O–H groups in total. The van der Waals surface area contributed by atoms with Gasteiger partial charge in [0.1, 0.15) is 5.60 Å². The zero-order chi connectivity index (χ0) is 13.3. The van der Waals surface area contributed by atoms with Crippen molar-refractivity contribution in [2.45, 2.75) is 68.9 Å². The Morgan fingerprint density at radius 2 is 2.00 bits per heavy atom. The molecule has 2 aliphatic carbocycles. The summed E-state index contributed by atoms with van der Waals surface area (Å²) in [6.07, 6.45) is 8.84. The number of ether oxygens (including phenoxy) is 1. The second-order valence-electron chi connectivity index (χ2n) is 5.92. The van der Waals surface area contributed by atoms with E-state index >= 15 is 0 Å². The first kappa shape index (κ1) is 13.1. The Labute approximate surface area is 113 Å². The third kappa shape index (κ3) is 2.30. The number of rotatable bonds is 3. The van der Waals surface area contributed by atoms with E-state index in [0.717, 1.165) is 37.9 Å². The van der Waals surface area contributed by atoms with Crippen molar-refractivity contribution in [1.82, 2.24) is 10.1 Å². The van der Waals surface area contributed by atoms with E-state index in [0.29, 0.717) is 5.89 Å². The van der Waals surface area contributed by atoms with Crippen LogP contribution in [0.1, 0.15) is 69.0 Å². The maximum atomic E-state index is 6.11. The second kappa shape index (κ2) is 5.21. The van der Waals surface area contributed by atoms with Crippen LogP contribution in [-0.4, -0.2) is 23.3 Å². The zero-order valence-corrected chi connectivity index (χ0v) is 11.6. The van der Waals surface area contributed by atoms with Crippen LogP contribution in [0.2, 0.25) is 0 Å². The van der Waals surface area contributed by atoms with E-state index in [9.17, 15) is 0 Å². The third-order valence-corrected chi connectivity index (χ3v) is 4.79. The van der Waals surface area contributed by atoms with Crippen molar-refractivity contribution in [2.75, 3.05) is 7.11 Å². The van der Waals surface area contributed by atoms with Crippen LogP contribution in [0.25, 0.3) is 0 Å². The average Bonchev–Trinajstić information content (AvgIpc) is 3.08. The van der Waals surface area contributed by atoms with E-state index in [2.05, 4.69) is 10.1 Å². The van der Waals surface area contributed by atoms with Gasteiger partial charge in [-0.2, -0.15) is 4.98 Å². The van der Waals surface area contributed by atoms with Crippen LogP contribution >= 0.6 is 0 Å². The summed E-state index contributed by atoms with van der Waals surface area (Å²) in [4.78, 5) is 4.63. The van der Waals surface area contributed by atoms with Crippen molar-refractivity contribution in [2.24, 2.45) is 5.73 Å². The predicted octanol–water partition coefficient (Wildman–Crippen LogP) is 2.47. The quantitative estimate of drug-likeness (QED) is 0.908. The molecule has 1 aromatic rings. The average molecular weight is 265 g/mol. The topological polar surface area (TPSA) is 74.2 Å². The van der Waals surface area contributed by atoms with Crippen LogP contribution in [0, 0.1) is 0 Å². The van der Waals surface area contributed by atoms with Crippen LogP contribution in [0.15, 0.2) is 4.52 Å². The number of hydrogen-bond acceptors (Lipinski definition) is 5. The highest BCUT2D eigenvalue weighted by atomic mass is 16.5. The molecule has 2 aliphatic rings. The van der Waals surface area contributed by atoms with E-state index in [1.54, 1.807) is 7.11 Å². The Balaban J connectivity index is 1.83. The Hall–Kier alpha value is -0.940. The summed E-state index contributed by atoms with van der Waals surface area (Å²) in [7, 11) is 1.75. The van der Waals surface area contributed by atoms with E-state index in [-0.39, 0.29) is 17.6 Å². The van der Waals surface area contributed by atoms with Gasteiger partial charge in [-0.25, -0.2) is 0 Å². The summed E-state index contributed by atoms with van der Waals surface area (Å²) < 4.78 is 11.2. The van der Waals surface area contributed by atoms with Crippen LogP contribution < -0.4 is 5.73 Å². The molecule has 0 saturated heterocycles. The Morgan fingerprint density at radius 3 is 2.63 bits per heavy atom. The molecule has 2 unspecified atom stereocenters. The molecule has 2 saturated carbocycles. The fourth-order valence-corrected chi connectivity index (χ4v) is 3.51. The Morgan fingerprint density at radius 1 is 1.21 bits per heavy atom. The number of methoxy groups -OCH3 is 1. The molecule has 2 atom stereocenters. The number of nitrogens with zero attached hydrogens (tertiary/aromatic N) is 2. The van der Waals surface area contributed by atoms with Gasteiger partial charge in [-0.15, -0.1) is 0 Å². The molecule has 106 valence electrons. The summed E-state index contributed by atoms with van der Waals surface area (Å²) in [5.41, 5.74) is 5.77. The lowest BCUT2D eigenvalue weighted by atomic mass is 9.84. The monoisotopic (exact) mass is 265 g/mol. The van der Waals surface area contributed by atoms with E-state index in [1.807, 2.05) is 0 Å². The molecule has 0 aromatic carbocycles. The smallest absolute Gasteiger partial charge is 0.231 e. The number of hydrogen-bond donors (Lipinski definition) is 1. The molecule has 5 nitrogen and oxygen atoms in total. The van der Waals surface area contributed by atoms with Crippen LogP contribution in [0.3, 0.4) is 0 Å². The third-order valence-electron chi connectivity index (χ3n) is 4.79. The molecule has 3 rings (SSSR count). The molecule has 1 aromatic heterocycles. The standard InChI is InChI=1S/C14H23N3O2/c1-18-14(8-3-2-4-9-14)13-16-12(19-17-13)10-6-5-7-11(10)15/h10-11H,2-9,15H2,1H3. The molecule has 1 heterocycles. The fourth-order valence-electron chi connectivity index (χ4n) is 3.51. The van der Waals surface area contributed by atoms with E-state index in [4.69, 9.17) is 15.0 Å². The molecule has 0 radical (unpaired) electrons. The van der Waals surface area contributed by atoms with Gasteiger partial charge < -0.3 is 15.0 Å². The van der Waals surface area contributed by atoms with Gasteiger partial charge >= 0.3 is 0 Å². The van der Waals surface area contributed by atoms with E-state index in [1.165, 1.54) is 19.3 Å². The first-order valence-electron chi connectivity index (χ1n) is 7.40. The molecular formula is C14H23N3O2. The fraction of sp³-hybridized carbons (Fsp3) is 0.857. The SMILES string of the molecule is COC1(c2noc(C3CCCC3N)n2)CCCCC1. The molecular weight excluding hydrogens is 242 g/mol. The largest absolute Gasteiger partial charge is 0.370 e. The van der Waals surface area contributed by atoms with Gasteiger partial charge in [-0.3, -0.25) is 0 Å². The normalized spacial score (nSPS) is 30.6. The van der Waals surface area contributed by atoms with Crippen molar-refractivity contribution in [1.29, 1.82) is 0 Å². The molecule has 19 heavy (non-hydrogen) atoms. The van der Waals surface area contributed by atoms with Crippen molar-refractivity contribution >= 4 is 0 Å². The van der Waals surface area contributed by atoms with Gasteiger partial charge in [0.25, 0.3) is 0 Å². The molecule has 2 fully saturated rings. The van der Waals surface area contributed by atoms with Crippen LogP contribution in [-0.2, 0) is 10.3 Å². The zero-order valence-electron chi connectivity index (χ0n) is 11.6. The first-order chi connectivity index (χ1) is 9.25. The van der Waals surface area contributed by atoms with Crippen molar-refractivity contribution in [3.8, 4) is 0 Å². The van der Waals surface area contributed by atoms with Crippen LogP contribution in [0.4, 0.5) is 0 Å².